The molecule has 1 saturated heterocycles. The first-order valence-corrected chi connectivity index (χ1v) is 7.73. The quantitative estimate of drug-likeness (QED) is 0.875. The molecule has 0 saturated carbocycles. The van der Waals surface area contributed by atoms with Gasteiger partial charge in [-0.1, -0.05) is 43.1 Å². The Bertz CT molecular complexity index is 469. The van der Waals surface area contributed by atoms with Crippen molar-refractivity contribution in [2.24, 2.45) is 5.41 Å². The molecule has 1 unspecified atom stereocenters. The molecule has 4 heteroatoms. The Morgan fingerprint density at radius 3 is 2.85 bits per heavy atom. The smallest absolute Gasteiger partial charge is 0.228 e. The van der Waals surface area contributed by atoms with Gasteiger partial charge in [0.2, 0.25) is 5.91 Å². The summed E-state index contributed by atoms with van der Waals surface area (Å²) in [6, 6.07) is 7.61. The number of hydrogen-bond acceptors (Lipinski definition) is 2. The third-order valence-electron chi connectivity index (χ3n) is 4.17. The highest BCUT2D eigenvalue weighted by atomic mass is 35.5. The molecule has 2 N–H and O–H groups in total. The van der Waals surface area contributed by atoms with Gasteiger partial charge in [0, 0.05) is 11.6 Å². The average molecular weight is 295 g/mol. The molecule has 1 aliphatic heterocycles. The molecule has 0 radical (unpaired) electrons. The lowest BCUT2D eigenvalue weighted by Gasteiger charge is -2.28. The summed E-state index contributed by atoms with van der Waals surface area (Å²) in [7, 11) is 0. The van der Waals surface area contributed by atoms with Crippen molar-refractivity contribution in [1.29, 1.82) is 0 Å². The van der Waals surface area contributed by atoms with Crippen LogP contribution in [0.5, 0.6) is 0 Å². The SMILES string of the molecule is CCCC1(C(=O)N[C@@H](C)c2ccccc2Cl)CCNC1. The largest absolute Gasteiger partial charge is 0.349 e. The van der Waals surface area contributed by atoms with Gasteiger partial charge in [0.1, 0.15) is 0 Å². The molecule has 1 amide bonds. The fourth-order valence-corrected chi connectivity index (χ4v) is 3.30. The minimum atomic E-state index is -0.246. The van der Waals surface area contributed by atoms with E-state index in [1.54, 1.807) is 0 Å². The Morgan fingerprint density at radius 1 is 1.50 bits per heavy atom. The standard InChI is InChI=1S/C16H23ClN2O/c1-3-8-16(9-10-18-11-16)15(20)19-12(2)13-6-4-5-7-14(13)17/h4-7,12,18H,3,8-11H2,1-2H3,(H,19,20)/t12-,16?/m0/s1. The van der Waals surface area contributed by atoms with Gasteiger partial charge in [-0.2, -0.15) is 0 Å². The van der Waals surface area contributed by atoms with E-state index in [-0.39, 0.29) is 17.4 Å². The lowest BCUT2D eigenvalue weighted by molar-refractivity contribution is -0.131. The van der Waals surface area contributed by atoms with Crippen molar-refractivity contribution in [3.63, 3.8) is 0 Å². The molecule has 1 aromatic rings. The van der Waals surface area contributed by atoms with Crippen molar-refractivity contribution >= 4 is 17.5 Å². The van der Waals surface area contributed by atoms with Gasteiger partial charge in [0.15, 0.2) is 0 Å². The Morgan fingerprint density at radius 2 is 2.25 bits per heavy atom. The van der Waals surface area contributed by atoms with E-state index in [1.165, 1.54) is 0 Å². The predicted octanol–water partition coefficient (Wildman–Crippen LogP) is 3.30. The van der Waals surface area contributed by atoms with Gasteiger partial charge in [-0.15, -0.1) is 0 Å². The first-order chi connectivity index (χ1) is 9.59. The summed E-state index contributed by atoms with van der Waals surface area (Å²) in [5.41, 5.74) is 0.727. The molecule has 0 bridgehead atoms. The van der Waals surface area contributed by atoms with Crippen LogP contribution in [0.2, 0.25) is 5.02 Å². The van der Waals surface area contributed by atoms with Crippen LogP contribution in [0.4, 0.5) is 0 Å². The zero-order valence-corrected chi connectivity index (χ0v) is 13.0. The minimum Gasteiger partial charge on any atom is -0.349 e. The molecule has 110 valence electrons. The number of amides is 1. The van der Waals surface area contributed by atoms with E-state index in [9.17, 15) is 4.79 Å². The van der Waals surface area contributed by atoms with Crippen LogP contribution in [-0.2, 0) is 4.79 Å². The molecule has 1 fully saturated rings. The van der Waals surface area contributed by atoms with Crippen LogP contribution in [0, 0.1) is 5.41 Å². The van der Waals surface area contributed by atoms with Gasteiger partial charge in [-0.25, -0.2) is 0 Å². The molecule has 3 nitrogen and oxygen atoms in total. The Labute approximate surface area is 126 Å². The molecular formula is C16H23ClN2O. The van der Waals surface area contributed by atoms with Crippen molar-refractivity contribution in [2.45, 2.75) is 39.2 Å². The number of rotatable bonds is 5. The predicted molar refractivity (Wildman–Crippen MR) is 82.8 cm³/mol. The fourth-order valence-electron chi connectivity index (χ4n) is 3.00. The zero-order valence-electron chi connectivity index (χ0n) is 12.2. The second kappa shape index (κ2) is 6.59. The molecule has 1 heterocycles. The summed E-state index contributed by atoms with van der Waals surface area (Å²) in [6.07, 6.45) is 2.87. The first kappa shape index (κ1) is 15.3. The molecule has 20 heavy (non-hydrogen) atoms. The maximum Gasteiger partial charge on any atom is 0.228 e. The van der Waals surface area contributed by atoms with Crippen molar-refractivity contribution < 1.29 is 4.79 Å². The van der Waals surface area contributed by atoms with Crippen LogP contribution in [0.3, 0.4) is 0 Å². The van der Waals surface area contributed by atoms with Crippen LogP contribution in [-0.4, -0.2) is 19.0 Å². The number of carbonyl (C=O) groups is 1. The van der Waals surface area contributed by atoms with Gasteiger partial charge in [0.25, 0.3) is 0 Å². The number of benzene rings is 1. The fraction of sp³-hybridized carbons (Fsp3) is 0.562. The lowest BCUT2D eigenvalue weighted by atomic mass is 9.81. The topological polar surface area (TPSA) is 41.1 Å². The average Bonchev–Trinajstić information content (AvgIpc) is 2.89. The van der Waals surface area contributed by atoms with Gasteiger partial charge in [0.05, 0.1) is 11.5 Å². The molecular weight excluding hydrogens is 272 g/mol. The van der Waals surface area contributed by atoms with E-state index in [0.29, 0.717) is 5.02 Å². The Kier molecular flexibility index (Phi) is 5.06. The van der Waals surface area contributed by atoms with Crippen LogP contribution in [0.25, 0.3) is 0 Å². The van der Waals surface area contributed by atoms with Gasteiger partial charge in [-0.05, 0) is 37.9 Å². The molecule has 1 aromatic carbocycles. The third-order valence-corrected chi connectivity index (χ3v) is 4.52. The highest BCUT2D eigenvalue weighted by Crippen LogP contribution is 2.32. The van der Waals surface area contributed by atoms with Crippen molar-refractivity contribution in [3.05, 3.63) is 34.9 Å². The first-order valence-electron chi connectivity index (χ1n) is 7.35. The van der Waals surface area contributed by atoms with Crippen molar-refractivity contribution in [2.75, 3.05) is 13.1 Å². The minimum absolute atomic E-state index is 0.0643. The maximum atomic E-state index is 12.7. The molecule has 0 spiro atoms. The number of halogens is 1. The van der Waals surface area contributed by atoms with E-state index < -0.39 is 0 Å². The van der Waals surface area contributed by atoms with Crippen LogP contribution < -0.4 is 10.6 Å². The highest BCUT2D eigenvalue weighted by molar-refractivity contribution is 6.31. The molecule has 2 rings (SSSR count). The van der Waals surface area contributed by atoms with Gasteiger partial charge < -0.3 is 10.6 Å². The second-order valence-electron chi connectivity index (χ2n) is 5.67. The molecule has 0 aromatic heterocycles. The van der Waals surface area contributed by atoms with E-state index in [2.05, 4.69) is 17.6 Å². The number of hydrogen-bond donors (Lipinski definition) is 2. The van der Waals surface area contributed by atoms with E-state index in [4.69, 9.17) is 11.6 Å². The van der Waals surface area contributed by atoms with E-state index >= 15 is 0 Å². The zero-order chi connectivity index (χ0) is 14.6. The van der Waals surface area contributed by atoms with E-state index in [0.717, 1.165) is 37.9 Å². The Balaban J connectivity index is 2.08. The third kappa shape index (κ3) is 3.15. The number of carbonyl (C=O) groups excluding carboxylic acids is 1. The summed E-state index contributed by atoms with van der Waals surface area (Å²) in [4.78, 5) is 12.7. The van der Waals surface area contributed by atoms with Crippen LogP contribution in [0.15, 0.2) is 24.3 Å². The summed E-state index contributed by atoms with van der Waals surface area (Å²) in [5.74, 6) is 0.150. The maximum absolute atomic E-state index is 12.7. The van der Waals surface area contributed by atoms with Crippen LogP contribution >= 0.6 is 11.6 Å². The van der Waals surface area contributed by atoms with E-state index in [1.807, 2.05) is 31.2 Å². The normalized spacial score (nSPS) is 23.6. The summed E-state index contributed by atoms with van der Waals surface area (Å²) in [6.45, 7) is 5.82. The van der Waals surface area contributed by atoms with Crippen molar-refractivity contribution in [1.82, 2.24) is 10.6 Å². The monoisotopic (exact) mass is 294 g/mol. The summed E-state index contributed by atoms with van der Waals surface area (Å²) in [5, 5.41) is 7.16. The molecule has 0 aliphatic carbocycles. The van der Waals surface area contributed by atoms with Gasteiger partial charge >= 0.3 is 0 Å². The van der Waals surface area contributed by atoms with Crippen molar-refractivity contribution in [3.8, 4) is 0 Å². The lowest BCUT2D eigenvalue weighted by Crippen LogP contribution is -2.43. The molecule has 2 atom stereocenters. The summed E-state index contributed by atoms with van der Waals surface area (Å²) >= 11 is 6.19. The summed E-state index contributed by atoms with van der Waals surface area (Å²) < 4.78 is 0. The second-order valence-corrected chi connectivity index (χ2v) is 6.08. The number of nitrogens with one attached hydrogen (secondary N) is 2. The highest BCUT2D eigenvalue weighted by Gasteiger charge is 2.40. The van der Waals surface area contributed by atoms with Crippen LogP contribution in [0.1, 0.15) is 44.7 Å². The molecule has 1 aliphatic rings. The Hall–Kier alpha value is -1.06. The van der Waals surface area contributed by atoms with Gasteiger partial charge in [-0.3, -0.25) is 4.79 Å².